The SMILES string of the molecule is CCC(C)N1CCC(CN)(CN)CC1. The van der Waals surface area contributed by atoms with Crippen molar-refractivity contribution in [1.82, 2.24) is 4.90 Å². The molecule has 0 aromatic rings. The summed E-state index contributed by atoms with van der Waals surface area (Å²) in [6.45, 7) is 8.39. The van der Waals surface area contributed by atoms with Crippen LogP contribution in [-0.4, -0.2) is 37.1 Å². The minimum absolute atomic E-state index is 0.240. The highest BCUT2D eigenvalue weighted by Gasteiger charge is 2.32. The van der Waals surface area contributed by atoms with Crippen LogP contribution in [0.1, 0.15) is 33.1 Å². The number of nitrogens with zero attached hydrogens (tertiary/aromatic N) is 1. The van der Waals surface area contributed by atoms with Gasteiger partial charge >= 0.3 is 0 Å². The van der Waals surface area contributed by atoms with Gasteiger partial charge in [0, 0.05) is 6.04 Å². The van der Waals surface area contributed by atoms with Crippen LogP contribution < -0.4 is 11.5 Å². The smallest absolute Gasteiger partial charge is 0.00643 e. The van der Waals surface area contributed by atoms with Crippen molar-refractivity contribution in [2.24, 2.45) is 16.9 Å². The molecule has 0 saturated carbocycles. The molecular formula is C11H25N3. The average molecular weight is 199 g/mol. The highest BCUT2D eigenvalue weighted by atomic mass is 15.2. The molecular weight excluding hydrogens is 174 g/mol. The molecule has 0 radical (unpaired) electrons. The van der Waals surface area contributed by atoms with Crippen LogP contribution in [-0.2, 0) is 0 Å². The fourth-order valence-corrected chi connectivity index (χ4v) is 2.19. The summed E-state index contributed by atoms with van der Waals surface area (Å²) in [5, 5.41) is 0. The molecule has 3 heteroatoms. The van der Waals surface area contributed by atoms with Crippen molar-refractivity contribution in [2.75, 3.05) is 26.2 Å². The molecule has 0 bridgehead atoms. The van der Waals surface area contributed by atoms with E-state index in [4.69, 9.17) is 11.5 Å². The highest BCUT2D eigenvalue weighted by molar-refractivity contribution is 4.88. The second-order valence-corrected chi connectivity index (χ2v) is 4.70. The Morgan fingerprint density at radius 1 is 1.21 bits per heavy atom. The van der Waals surface area contributed by atoms with E-state index in [0.29, 0.717) is 6.04 Å². The van der Waals surface area contributed by atoms with Crippen LogP contribution in [0.15, 0.2) is 0 Å². The van der Waals surface area contributed by atoms with E-state index in [9.17, 15) is 0 Å². The predicted octanol–water partition coefficient (Wildman–Crippen LogP) is 0.785. The first-order valence-electron chi connectivity index (χ1n) is 5.81. The van der Waals surface area contributed by atoms with Gasteiger partial charge in [-0.2, -0.15) is 0 Å². The van der Waals surface area contributed by atoms with Gasteiger partial charge in [0.25, 0.3) is 0 Å². The Hall–Kier alpha value is -0.120. The number of hydrogen-bond donors (Lipinski definition) is 2. The molecule has 0 aromatic heterocycles. The maximum Gasteiger partial charge on any atom is 0.00643 e. The quantitative estimate of drug-likeness (QED) is 0.703. The zero-order valence-electron chi connectivity index (χ0n) is 9.63. The van der Waals surface area contributed by atoms with E-state index in [1.165, 1.54) is 32.4 Å². The summed E-state index contributed by atoms with van der Waals surface area (Å²) in [4.78, 5) is 2.56. The fraction of sp³-hybridized carbons (Fsp3) is 1.00. The summed E-state index contributed by atoms with van der Waals surface area (Å²) in [5.74, 6) is 0. The molecule has 1 heterocycles. The maximum absolute atomic E-state index is 5.80. The molecule has 84 valence electrons. The molecule has 3 nitrogen and oxygen atoms in total. The summed E-state index contributed by atoms with van der Waals surface area (Å²) >= 11 is 0. The van der Waals surface area contributed by atoms with Crippen LogP contribution in [0.4, 0.5) is 0 Å². The highest BCUT2D eigenvalue weighted by Crippen LogP contribution is 2.30. The van der Waals surface area contributed by atoms with Crippen molar-refractivity contribution in [1.29, 1.82) is 0 Å². The monoisotopic (exact) mass is 199 g/mol. The number of likely N-dealkylation sites (tertiary alicyclic amines) is 1. The molecule has 0 aromatic carbocycles. The lowest BCUT2D eigenvalue weighted by Gasteiger charge is -2.42. The number of hydrogen-bond acceptors (Lipinski definition) is 3. The second-order valence-electron chi connectivity index (χ2n) is 4.70. The molecule has 1 rings (SSSR count). The Labute approximate surface area is 87.8 Å². The summed E-state index contributed by atoms with van der Waals surface area (Å²) in [5.41, 5.74) is 11.8. The molecule has 1 aliphatic rings. The van der Waals surface area contributed by atoms with Gasteiger partial charge in [0.05, 0.1) is 0 Å². The third kappa shape index (κ3) is 2.47. The fourth-order valence-electron chi connectivity index (χ4n) is 2.19. The predicted molar refractivity (Wildman–Crippen MR) is 61.1 cm³/mol. The van der Waals surface area contributed by atoms with Crippen molar-refractivity contribution in [3.63, 3.8) is 0 Å². The average Bonchev–Trinajstić information content (AvgIpc) is 2.28. The van der Waals surface area contributed by atoms with Gasteiger partial charge in [-0.25, -0.2) is 0 Å². The van der Waals surface area contributed by atoms with Crippen molar-refractivity contribution in [3.8, 4) is 0 Å². The maximum atomic E-state index is 5.80. The number of rotatable bonds is 4. The Bertz CT molecular complexity index is 156. The first-order valence-corrected chi connectivity index (χ1v) is 5.81. The van der Waals surface area contributed by atoms with Gasteiger partial charge in [-0.1, -0.05) is 6.92 Å². The van der Waals surface area contributed by atoms with E-state index >= 15 is 0 Å². The minimum Gasteiger partial charge on any atom is -0.330 e. The molecule has 1 fully saturated rings. The van der Waals surface area contributed by atoms with Crippen molar-refractivity contribution in [2.45, 2.75) is 39.2 Å². The zero-order chi connectivity index (χ0) is 10.6. The third-order valence-electron chi connectivity index (χ3n) is 3.94. The molecule has 0 spiro atoms. The molecule has 1 unspecified atom stereocenters. The Kier molecular flexibility index (Phi) is 4.35. The molecule has 0 amide bonds. The third-order valence-corrected chi connectivity index (χ3v) is 3.94. The molecule has 1 atom stereocenters. The Balaban J connectivity index is 2.44. The van der Waals surface area contributed by atoms with Gasteiger partial charge in [-0.15, -0.1) is 0 Å². The van der Waals surface area contributed by atoms with Gasteiger partial charge in [0.1, 0.15) is 0 Å². The Morgan fingerprint density at radius 3 is 2.07 bits per heavy atom. The van der Waals surface area contributed by atoms with Gasteiger partial charge in [0.15, 0.2) is 0 Å². The lowest BCUT2D eigenvalue weighted by Crippen LogP contribution is -2.49. The molecule has 1 aliphatic heterocycles. The molecule has 1 saturated heterocycles. The van der Waals surface area contributed by atoms with Gasteiger partial charge < -0.3 is 16.4 Å². The Morgan fingerprint density at radius 2 is 1.71 bits per heavy atom. The van der Waals surface area contributed by atoms with Crippen LogP contribution in [0.2, 0.25) is 0 Å². The van der Waals surface area contributed by atoms with Crippen LogP contribution >= 0.6 is 0 Å². The standard InChI is InChI=1S/C11H25N3/c1-3-10(2)14-6-4-11(8-12,9-13)5-7-14/h10H,3-9,12-13H2,1-2H3. The van der Waals surface area contributed by atoms with Gasteiger partial charge in [-0.3, -0.25) is 0 Å². The number of nitrogens with two attached hydrogens (primary N) is 2. The van der Waals surface area contributed by atoms with Gasteiger partial charge in [0.2, 0.25) is 0 Å². The van der Waals surface area contributed by atoms with Crippen molar-refractivity contribution < 1.29 is 0 Å². The number of piperidine rings is 1. The van der Waals surface area contributed by atoms with Crippen LogP contribution in [0, 0.1) is 5.41 Å². The van der Waals surface area contributed by atoms with E-state index in [2.05, 4.69) is 18.7 Å². The molecule has 14 heavy (non-hydrogen) atoms. The first kappa shape index (κ1) is 12.0. The minimum atomic E-state index is 0.240. The van der Waals surface area contributed by atoms with Crippen molar-refractivity contribution >= 4 is 0 Å². The van der Waals surface area contributed by atoms with Crippen LogP contribution in [0.5, 0.6) is 0 Å². The summed E-state index contributed by atoms with van der Waals surface area (Å²) in [6, 6.07) is 0.712. The van der Waals surface area contributed by atoms with Crippen LogP contribution in [0.3, 0.4) is 0 Å². The van der Waals surface area contributed by atoms with E-state index in [1.54, 1.807) is 0 Å². The van der Waals surface area contributed by atoms with E-state index < -0.39 is 0 Å². The topological polar surface area (TPSA) is 55.3 Å². The molecule has 4 N–H and O–H groups in total. The zero-order valence-corrected chi connectivity index (χ0v) is 9.63. The van der Waals surface area contributed by atoms with E-state index in [1.807, 2.05) is 0 Å². The lowest BCUT2D eigenvalue weighted by atomic mass is 9.78. The first-order chi connectivity index (χ1) is 6.67. The second kappa shape index (κ2) is 5.10. The van der Waals surface area contributed by atoms with Gasteiger partial charge in [-0.05, 0) is 57.8 Å². The van der Waals surface area contributed by atoms with Crippen LogP contribution in [0.25, 0.3) is 0 Å². The largest absolute Gasteiger partial charge is 0.330 e. The van der Waals surface area contributed by atoms with Crippen molar-refractivity contribution in [3.05, 3.63) is 0 Å². The summed E-state index contributed by atoms with van der Waals surface area (Å²) in [6.07, 6.45) is 3.58. The lowest BCUT2D eigenvalue weighted by molar-refractivity contribution is 0.0863. The summed E-state index contributed by atoms with van der Waals surface area (Å²) < 4.78 is 0. The summed E-state index contributed by atoms with van der Waals surface area (Å²) in [7, 11) is 0. The normalized spacial score (nSPS) is 24.9. The molecule has 0 aliphatic carbocycles. The van der Waals surface area contributed by atoms with E-state index in [0.717, 1.165) is 13.1 Å². The van der Waals surface area contributed by atoms with E-state index in [-0.39, 0.29) is 5.41 Å².